The SMILES string of the molecule is CC(CN(C)C(=O)NCCc1cccc(F)c1F)C(=O)O. The van der Waals surface area contributed by atoms with E-state index in [2.05, 4.69) is 5.32 Å². The molecule has 0 radical (unpaired) electrons. The summed E-state index contributed by atoms with van der Waals surface area (Å²) in [6.45, 7) is 1.69. The summed E-state index contributed by atoms with van der Waals surface area (Å²) in [6, 6.07) is 3.41. The standard InChI is InChI=1S/C14H18F2N2O3/c1-9(13(19)20)8-18(2)14(21)17-7-6-10-4-3-5-11(15)12(10)16/h3-5,9H,6-8H2,1-2H3,(H,17,21)(H,19,20). The molecule has 7 heteroatoms. The Bertz CT molecular complexity index is 523. The van der Waals surface area contributed by atoms with Crippen molar-refractivity contribution in [2.24, 2.45) is 5.92 Å². The lowest BCUT2D eigenvalue weighted by Crippen LogP contribution is -2.41. The molecule has 0 fully saturated rings. The van der Waals surface area contributed by atoms with Gasteiger partial charge in [0.05, 0.1) is 5.92 Å². The number of nitrogens with zero attached hydrogens (tertiary/aromatic N) is 1. The number of carbonyl (C=O) groups excluding carboxylic acids is 1. The van der Waals surface area contributed by atoms with Gasteiger partial charge >= 0.3 is 12.0 Å². The van der Waals surface area contributed by atoms with Crippen LogP contribution in [0.15, 0.2) is 18.2 Å². The molecule has 2 N–H and O–H groups in total. The minimum absolute atomic E-state index is 0.0650. The Morgan fingerprint density at radius 3 is 2.67 bits per heavy atom. The van der Waals surface area contributed by atoms with Crippen molar-refractivity contribution in [2.75, 3.05) is 20.1 Å². The van der Waals surface area contributed by atoms with Crippen LogP contribution >= 0.6 is 0 Å². The van der Waals surface area contributed by atoms with Crippen LogP contribution in [0.1, 0.15) is 12.5 Å². The van der Waals surface area contributed by atoms with Crippen molar-refractivity contribution in [3.05, 3.63) is 35.4 Å². The summed E-state index contributed by atoms with van der Waals surface area (Å²) in [5.41, 5.74) is 0.178. The lowest BCUT2D eigenvalue weighted by molar-refractivity contribution is -0.141. The van der Waals surface area contributed by atoms with Gasteiger partial charge in [0, 0.05) is 20.1 Å². The third-order valence-electron chi connectivity index (χ3n) is 3.02. The van der Waals surface area contributed by atoms with Gasteiger partial charge in [-0.1, -0.05) is 19.1 Å². The highest BCUT2D eigenvalue weighted by atomic mass is 19.2. The minimum Gasteiger partial charge on any atom is -0.481 e. The average Bonchev–Trinajstić information content (AvgIpc) is 2.43. The van der Waals surface area contributed by atoms with Gasteiger partial charge in [-0.2, -0.15) is 0 Å². The van der Waals surface area contributed by atoms with E-state index in [1.54, 1.807) is 0 Å². The van der Waals surface area contributed by atoms with Gasteiger partial charge in [0.15, 0.2) is 11.6 Å². The quantitative estimate of drug-likeness (QED) is 0.842. The first kappa shape index (κ1) is 16.9. The summed E-state index contributed by atoms with van der Waals surface area (Å²) >= 11 is 0. The number of hydrogen-bond acceptors (Lipinski definition) is 2. The van der Waals surface area contributed by atoms with E-state index in [1.165, 1.54) is 31.0 Å². The number of benzene rings is 1. The Balaban J connectivity index is 2.43. The van der Waals surface area contributed by atoms with Crippen LogP contribution < -0.4 is 5.32 Å². The van der Waals surface area contributed by atoms with E-state index in [1.807, 2.05) is 0 Å². The monoisotopic (exact) mass is 300 g/mol. The van der Waals surface area contributed by atoms with Gasteiger partial charge in [-0.15, -0.1) is 0 Å². The van der Waals surface area contributed by atoms with Crippen molar-refractivity contribution >= 4 is 12.0 Å². The van der Waals surface area contributed by atoms with E-state index < -0.39 is 29.6 Å². The Hall–Kier alpha value is -2.18. The van der Waals surface area contributed by atoms with E-state index in [-0.39, 0.29) is 25.1 Å². The van der Waals surface area contributed by atoms with Crippen molar-refractivity contribution in [1.29, 1.82) is 0 Å². The zero-order valence-electron chi connectivity index (χ0n) is 11.9. The molecule has 0 aliphatic rings. The fourth-order valence-corrected chi connectivity index (χ4v) is 1.75. The molecule has 116 valence electrons. The highest BCUT2D eigenvalue weighted by Crippen LogP contribution is 2.11. The number of carboxylic acids is 1. The summed E-state index contributed by atoms with van der Waals surface area (Å²) in [5.74, 6) is -3.51. The maximum atomic E-state index is 13.4. The number of urea groups is 1. The second-order valence-electron chi connectivity index (χ2n) is 4.81. The van der Waals surface area contributed by atoms with E-state index in [9.17, 15) is 18.4 Å². The Morgan fingerprint density at radius 2 is 2.05 bits per heavy atom. The molecule has 0 bridgehead atoms. The number of carbonyl (C=O) groups is 2. The van der Waals surface area contributed by atoms with Crippen molar-refractivity contribution < 1.29 is 23.5 Å². The third-order valence-corrected chi connectivity index (χ3v) is 3.02. The van der Waals surface area contributed by atoms with Crippen LogP contribution in [0, 0.1) is 17.6 Å². The van der Waals surface area contributed by atoms with E-state index in [0.29, 0.717) is 0 Å². The molecule has 1 aromatic rings. The van der Waals surface area contributed by atoms with E-state index in [4.69, 9.17) is 5.11 Å². The van der Waals surface area contributed by atoms with Gasteiger partial charge in [0.1, 0.15) is 0 Å². The molecule has 21 heavy (non-hydrogen) atoms. The molecule has 0 heterocycles. The number of hydrogen-bond donors (Lipinski definition) is 2. The van der Waals surface area contributed by atoms with Gasteiger partial charge in [0.25, 0.3) is 0 Å². The highest BCUT2D eigenvalue weighted by Gasteiger charge is 2.17. The van der Waals surface area contributed by atoms with Crippen LogP contribution in [0.5, 0.6) is 0 Å². The molecule has 0 aromatic heterocycles. The van der Waals surface area contributed by atoms with Gasteiger partial charge in [-0.05, 0) is 18.1 Å². The topological polar surface area (TPSA) is 69.6 Å². The van der Waals surface area contributed by atoms with Crippen LogP contribution in [0.25, 0.3) is 0 Å². The van der Waals surface area contributed by atoms with Gasteiger partial charge in [-0.3, -0.25) is 4.79 Å². The minimum atomic E-state index is -0.989. The fourth-order valence-electron chi connectivity index (χ4n) is 1.75. The van der Waals surface area contributed by atoms with Crippen LogP contribution in [0.2, 0.25) is 0 Å². The van der Waals surface area contributed by atoms with Crippen LogP contribution in [0.3, 0.4) is 0 Å². The van der Waals surface area contributed by atoms with Gasteiger partial charge < -0.3 is 15.3 Å². The molecule has 0 saturated carbocycles. The normalized spacial score (nSPS) is 11.8. The van der Waals surface area contributed by atoms with Crippen molar-refractivity contribution in [2.45, 2.75) is 13.3 Å². The molecule has 0 spiro atoms. The molecule has 2 amide bonds. The Kier molecular flexibility index (Phi) is 6.08. The first-order valence-electron chi connectivity index (χ1n) is 6.47. The number of aliphatic carboxylic acids is 1. The molecule has 1 aromatic carbocycles. The fraction of sp³-hybridized carbons (Fsp3) is 0.429. The second kappa shape index (κ2) is 7.56. The zero-order valence-corrected chi connectivity index (χ0v) is 11.9. The molecule has 0 aliphatic carbocycles. The molecular formula is C14H18F2N2O3. The average molecular weight is 300 g/mol. The van der Waals surface area contributed by atoms with Crippen molar-refractivity contribution in [1.82, 2.24) is 10.2 Å². The molecule has 1 atom stereocenters. The number of halogens is 2. The van der Waals surface area contributed by atoms with E-state index >= 15 is 0 Å². The van der Waals surface area contributed by atoms with Gasteiger partial charge in [-0.25, -0.2) is 13.6 Å². The number of rotatable bonds is 6. The Morgan fingerprint density at radius 1 is 1.38 bits per heavy atom. The maximum absolute atomic E-state index is 13.4. The van der Waals surface area contributed by atoms with Crippen LogP contribution in [0.4, 0.5) is 13.6 Å². The molecular weight excluding hydrogens is 282 g/mol. The largest absolute Gasteiger partial charge is 0.481 e. The lowest BCUT2D eigenvalue weighted by Gasteiger charge is -2.20. The summed E-state index contributed by atoms with van der Waals surface area (Å²) in [7, 11) is 1.47. The van der Waals surface area contributed by atoms with Crippen LogP contribution in [-0.4, -0.2) is 42.1 Å². The summed E-state index contributed by atoms with van der Waals surface area (Å²) in [5, 5.41) is 11.3. The van der Waals surface area contributed by atoms with Crippen molar-refractivity contribution in [3.8, 4) is 0 Å². The third kappa shape index (κ3) is 5.02. The summed E-state index contributed by atoms with van der Waals surface area (Å²) < 4.78 is 26.4. The maximum Gasteiger partial charge on any atom is 0.317 e. The predicted molar refractivity (Wildman–Crippen MR) is 72.9 cm³/mol. The van der Waals surface area contributed by atoms with E-state index in [0.717, 1.165) is 6.07 Å². The lowest BCUT2D eigenvalue weighted by atomic mass is 10.1. The smallest absolute Gasteiger partial charge is 0.317 e. The second-order valence-corrected chi connectivity index (χ2v) is 4.81. The molecule has 0 saturated heterocycles. The highest BCUT2D eigenvalue weighted by molar-refractivity contribution is 5.75. The summed E-state index contributed by atoms with van der Waals surface area (Å²) in [6.07, 6.45) is 0.150. The number of amides is 2. The molecule has 5 nitrogen and oxygen atoms in total. The predicted octanol–water partition coefficient (Wildman–Crippen LogP) is 1.87. The van der Waals surface area contributed by atoms with Gasteiger partial charge in [0.2, 0.25) is 0 Å². The number of carboxylic acid groups (broad SMARTS) is 1. The first-order chi connectivity index (χ1) is 9.82. The van der Waals surface area contributed by atoms with Crippen LogP contribution in [-0.2, 0) is 11.2 Å². The number of nitrogens with one attached hydrogen (secondary N) is 1. The molecule has 1 unspecified atom stereocenters. The van der Waals surface area contributed by atoms with Crippen molar-refractivity contribution in [3.63, 3.8) is 0 Å². The summed E-state index contributed by atoms with van der Waals surface area (Å²) in [4.78, 5) is 23.6. The molecule has 0 aliphatic heterocycles. The molecule has 1 rings (SSSR count). The Labute approximate surface area is 121 Å². The zero-order chi connectivity index (χ0) is 16.0. The first-order valence-corrected chi connectivity index (χ1v) is 6.47.